The minimum absolute atomic E-state index is 0. The van der Waals surface area contributed by atoms with Crippen molar-refractivity contribution in [2.24, 2.45) is 0 Å². The average molecular weight is 963 g/mol. The number of nitrogens with zero attached hydrogens (tertiary/aromatic N) is 4. The number of aromatic amines is 2. The van der Waals surface area contributed by atoms with Gasteiger partial charge in [0, 0.05) is 54.7 Å². The number of nitrogens with one attached hydrogen (secondary N) is 2. The molecule has 7 rings (SSSR count). The number of rotatable bonds is 7. The summed E-state index contributed by atoms with van der Waals surface area (Å²) in [5, 5.41) is 12.0. The second-order valence-corrected chi connectivity index (χ2v) is 13.4. The van der Waals surface area contributed by atoms with Crippen LogP contribution in [0.2, 0.25) is 0 Å². The molecule has 4 aromatic heterocycles. The van der Waals surface area contributed by atoms with Gasteiger partial charge < -0.3 is 4.52 Å². The topological polar surface area (TPSA) is 109 Å². The van der Waals surface area contributed by atoms with Gasteiger partial charge in [0.15, 0.2) is 11.4 Å². The minimum atomic E-state index is -4.43. The summed E-state index contributed by atoms with van der Waals surface area (Å²) in [6.07, 6.45) is -5.85. The van der Waals surface area contributed by atoms with Crippen molar-refractivity contribution in [3.05, 3.63) is 168 Å². The first-order valence-electron chi connectivity index (χ1n) is 15.6. The molecule has 2 N–H and O–H groups in total. The van der Waals surface area contributed by atoms with Crippen LogP contribution in [0, 0.1) is 11.6 Å². The van der Waals surface area contributed by atoms with Crippen LogP contribution in [0.4, 0.5) is 35.1 Å². The number of H-pyrrole nitrogens is 2. The Morgan fingerprint density at radius 1 is 0.582 bits per heavy atom. The van der Waals surface area contributed by atoms with E-state index in [1.54, 1.807) is 84.9 Å². The van der Waals surface area contributed by atoms with Crippen molar-refractivity contribution < 1.29 is 64.3 Å². The normalized spacial score (nSPS) is 11.3. The van der Waals surface area contributed by atoms with E-state index >= 15 is 0 Å². The van der Waals surface area contributed by atoms with Crippen molar-refractivity contribution in [2.75, 3.05) is 0 Å². The number of benzene rings is 3. The van der Waals surface area contributed by atoms with Crippen molar-refractivity contribution in [3.63, 3.8) is 0 Å². The van der Waals surface area contributed by atoms with Crippen molar-refractivity contribution in [3.8, 4) is 22.8 Å². The first-order valence-corrected chi connectivity index (χ1v) is 17.2. The molecule has 7 aromatic rings. The molecule has 0 spiro atoms. The molecule has 4 heterocycles. The van der Waals surface area contributed by atoms with Crippen LogP contribution in [-0.2, 0) is 48.2 Å². The van der Waals surface area contributed by atoms with Crippen LogP contribution in [-0.4, -0.2) is 30.4 Å². The predicted octanol–water partition coefficient (Wildman–Crippen LogP) is 9.39. The van der Waals surface area contributed by atoms with Crippen LogP contribution in [0.15, 0.2) is 140 Å². The minimum Gasteiger partial charge on any atom is -0.317 e. The second kappa shape index (κ2) is 18.8. The van der Waals surface area contributed by atoms with E-state index in [1.807, 2.05) is 12.1 Å². The Hall–Kier alpha value is -5.34. The van der Waals surface area contributed by atoms with E-state index in [4.69, 9.17) is 4.52 Å². The average Bonchev–Trinajstić information content (AvgIpc) is 3.89. The van der Waals surface area contributed by atoms with Crippen molar-refractivity contribution in [1.82, 2.24) is 30.4 Å². The maximum absolute atomic E-state index is 13.8. The quantitative estimate of drug-likeness (QED) is 0.122. The third-order valence-electron chi connectivity index (χ3n) is 7.23. The number of hydrogen-bond donors (Lipinski definition) is 2. The molecule has 0 unspecified atom stereocenters. The van der Waals surface area contributed by atoms with Crippen LogP contribution in [0.25, 0.3) is 22.8 Å². The molecular formula is C37H27F8IrN6O2P. The molecule has 0 bridgehead atoms. The molecule has 0 amide bonds. The maximum Gasteiger partial charge on any atom is 0.435 e. The summed E-state index contributed by atoms with van der Waals surface area (Å²) in [6.45, 7) is -0.215. The molecule has 0 aliphatic carbocycles. The fourth-order valence-corrected chi connectivity index (χ4v) is 6.63. The van der Waals surface area contributed by atoms with Gasteiger partial charge in [0.05, 0.1) is 29.4 Å². The van der Waals surface area contributed by atoms with Crippen molar-refractivity contribution >= 4 is 18.0 Å². The van der Waals surface area contributed by atoms with Crippen molar-refractivity contribution in [1.29, 1.82) is 0 Å². The van der Waals surface area contributed by atoms with Crippen molar-refractivity contribution in [2.45, 2.75) is 19.0 Å². The van der Waals surface area contributed by atoms with Crippen LogP contribution >= 0.6 is 7.37 Å². The van der Waals surface area contributed by atoms with Gasteiger partial charge in [-0.3, -0.25) is 24.7 Å². The summed E-state index contributed by atoms with van der Waals surface area (Å²) in [6, 6.07) is 32.6. The Morgan fingerprint density at radius 2 is 1.02 bits per heavy atom. The molecule has 18 heteroatoms. The maximum atomic E-state index is 13.8. The third kappa shape index (κ3) is 11.6. The summed E-state index contributed by atoms with van der Waals surface area (Å²) in [5.74, 6) is -1.38. The first kappa shape index (κ1) is 42.4. The molecule has 55 heavy (non-hydrogen) atoms. The zero-order valence-corrected chi connectivity index (χ0v) is 31.2. The molecule has 3 aromatic carbocycles. The van der Waals surface area contributed by atoms with Gasteiger partial charge in [-0.15, -0.1) is 0 Å². The Kier molecular flexibility index (Phi) is 14.5. The van der Waals surface area contributed by atoms with Gasteiger partial charge >= 0.3 is 12.4 Å². The number of pyridine rings is 2. The van der Waals surface area contributed by atoms with Gasteiger partial charge in [-0.2, -0.15) is 36.5 Å². The van der Waals surface area contributed by atoms with Gasteiger partial charge in [-0.25, -0.2) is 8.78 Å². The summed E-state index contributed by atoms with van der Waals surface area (Å²) in [5.41, 5.74) is -0.360. The van der Waals surface area contributed by atoms with E-state index < -0.39 is 42.7 Å². The summed E-state index contributed by atoms with van der Waals surface area (Å²) >= 11 is 0. The van der Waals surface area contributed by atoms with Gasteiger partial charge in [-0.05, 0) is 66.7 Å². The smallest absolute Gasteiger partial charge is 0.317 e. The monoisotopic (exact) mass is 963 g/mol. The van der Waals surface area contributed by atoms with E-state index in [0.717, 1.165) is 24.3 Å². The molecule has 8 nitrogen and oxygen atoms in total. The molecule has 0 aliphatic rings. The zero-order chi connectivity index (χ0) is 38.8. The molecule has 1 radical (unpaired) electrons. The molecule has 0 saturated carbocycles. The van der Waals surface area contributed by atoms with E-state index in [1.165, 1.54) is 18.5 Å². The van der Waals surface area contributed by atoms with Crippen LogP contribution < -0.4 is 10.6 Å². The Balaban J connectivity index is 0.000000190. The fraction of sp³-hybridized carbons (Fsp3) is 0.0811. The van der Waals surface area contributed by atoms with E-state index in [2.05, 4.69) is 30.4 Å². The van der Waals surface area contributed by atoms with Gasteiger partial charge in [-0.1, -0.05) is 54.6 Å². The Morgan fingerprint density at radius 3 is 1.38 bits per heavy atom. The van der Waals surface area contributed by atoms with Gasteiger partial charge in [0.25, 0.3) is 7.37 Å². The standard InChI is InChI=1S/C19H15F2O2P.2C9H6F3N3.Ir/c20-16-12-11-15(19(21)13-16)14-23-24(22,17-7-3-1-4-8-17)18-9-5-2-6-10-18;2*10-9(11,12)8-5-7(14-15-8)6-3-1-2-4-13-6;/h1-13H,14H2;2*1-5H,(H,14,15);. The number of alkyl halides is 6. The molecule has 287 valence electrons. The zero-order valence-electron chi connectivity index (χ0n) is 27.9. The fourth-order valence-electron chi connectivity index (χ4n) is 4.59. The van der Waals surface area contributed by atoms with Crippen LogP contribution in [0.3, 0.4) is 0 Å². The number of halogens is 8. The molecular weight excluding hydrogens is 936 g/mol. The molecule has 0 atom stereocenters. The number of aromatic nitrogens is 6. The SMILES string of the molecule is FC(F)(F)c1cc(-c2ccccn2)[nH]n1.FC(F)(F)c1cc(-c2ccccn2)[nH]n1.O=P(OCc1ccc(F)cc1F)(c1ccccc1)c1ccccc1.[Ir]. The third-order valence-corrected chi connectivity index (χ3v) is 9.68. The van der Waals surface area contributed by atoms with Crippen LogP contribution in [0.1, 0.15) is 17.0 Å². The molecule has 0 fully saturated rings. The summed E-state index contributed by atoms with van der Waals surface area (Å²) in [7, 11) is -3.38. The van der Waals surface area contributed by atoms with Crippen LogP contribution in [0.5, 0.6) is 0 Å². The van der Waals surface area contributed by atoms with E-state index in [0.29, 0.717) is 22.0 Å². The van der Waals surface area contributed by atoms with E-state index in [9.17, 15) is 39.7 Å². The van der Waals surface area contributed by atoms with Gasteiger partial charge in [0.1, 0.15) is 11.6 Å². The molecule has 0 saturated heterocycles. The first-order chi connectivity index (χ1) is 25.7. The number of hydrogen-bond acceptors (Lipinski definition) is 6. The predicted molar refractivity (Wildman–Crippen MR) is 185 cm³/mol. The Labute approximate surface area is 321 Å². The molecule has 0 aliphatic heterocycles. The van der Waals surface area contributed by atoms with E-state index in [-0.39, 0.29) is 43.7 Å². The largest absolute Gasteiger partial charge is 0.435 e. The summed E-state index contributed by atoms with van der Waals surface area (Å²) < 4.78 is 119. The Bertz CT molecular complexity index is 2150. The van der Waals surface area contributed by atoms with Gasteiger partial charge in [0.2, 0.25) is 0 Å². The second-order valence-electron chi connectivity index (χ2n) is 11.0. The summed E-state index contributed by atoms with van der Waals surface area (Å²) in [4.78, 5) is 7.81.